The largest absolute Gasteiger partial charge is 0.302 e. The van der Waals surface area contributed by atoms with E-state index in [0.29, 0.717) is 18.7 Å². The van der Waals surface area contributed by atoms with E-state index in [2.05, 4.69) is 16.3 Å². The van der Waals surface area contributed by atoms with Gasteiger partial charge in [0.2, 0.25) is 0 Å². The molecule has 5 rings (SSSR count). The van der Waals surface area contributed by atoms with Gasteiger partial charge in [-0.25, -0.2) is 0 Å². The highest BCUT2D eigenvalue weighted by atomic mass is 16.2. The Morgan fingerprint density at radius 1 is 0.964 bits per heavy atom. The van der Waals surface area contributed by atoms with Crippen molar-refractivity contribution in [3.63, 3.8) is 0 Å². The average molecular weight is 369 g/mol. The molecule has 0 bridgehead atoms. The van der Waals surface area contributed by atoms with Gasteiger partial charge in [0.05, 0.1) is 24.5 Å². The Labute approximate surface area is 162 Å². The Balaban J connectivity index is 1.50. The van der Waals surface area contributed by atoms with Crippen molar-refractivity contribution >= 4 is 11.6 Å². The molecule has 0 radical (unpaired) electrons. The molecule has 6 heteroatoms. The molecular formula is C22H19N5O. The van der Waals surface area contributed by atoms with Gasteiger partial charge in [-0.3, -0.25) is 14.2 Å². The summed E-state index contributed by atoms with van der Waals surface area (Å²) in [5, 5.41) is 8.82. The van der Waals surface area contributed by atoms with Gasteiger partial charge in [-0.2, -0.15) is 10.2 Å². The van der Waals surface area contributed by atoms with Crippen LogP contribution in [0.15, 0.2) is 73.1 Å². The van der Waals surface area contributed by atoms with Crippen LogP contribution in [0.5, 0.6) is 0 Å². The van der Waals surface area contributed by atoms with Crippen LogP contribution in [0.3, 0.4) is 0 Å². The van der Waals surface area contributed by atoms with Crippen molar-refractivity contribution in [2.75, 3.05) is 4.90 Å². The zero-order valence-electron chi connectivity index (χ0n) is 15.5. The van der Waals surface area contributed by atoms with Crippen molar-refractivity contribution in [2.24, 2.45) is 7.05 Å². The van der Waals surface area contributed by atoms with E-state index in [0.717, 1.165) is 28.2 Å². The highest BCUT2D eigenvalue weighted by Gasteiger charge is 2.25. The number of carbonyl (C=O) groups excluding carboxylic acids is 1. The molecule has 0 N–H and O–H groups in total. The molecule has 0 saturated carbocycles. The minimum absolute atomic E-state index is 0.0188. The van der Waals surface area contributed by atoms with E-state index in [1.54, 1.807) is 10.9 Å². The third kappa shape index (κ3) is 2.79. The van der Waals surface area contributed by atoms with Crippen molar-refractivity contribution in [1.29, 1.82) is 0 Å². The van der Waals surface area contributed by atoms with Crippen molar-refractivity contribution in [3.8, 4) is 11.3 Å². The Hall–Kier alpha value is -3.67. The predicted molar refractivity (Wildman–Crippen MR) is 107 cm³/mol. The summed E-state index contributed by atoms with van der Waals surface area (Å²) in [6.07, 6.45) is 3.69. The number of amides is 1. The number of hydrogen-bond donors (Lipinski definition) is 0. The summed E-state index contributed by atoms with van der Waals surface area (Å²) in [5.74, 6) is -0.0188. The maximum absolute atomic E-state index is 13.4. The number of aromatic nitrogens is 4. The van der Waals surface area contributed by atoms with Crippen LogP contribution >= 0.6 is 0 Å². The number of aryl methyl sites for hydroxylation is 1. The summed E-state index contributed by atoms with van der Waals surface area (Å²) < 4.78 is 3.72. The van der Waals surface area contributed by atoms with Gasteiger partial charge in [0.1, 0.15) is 0 Å². The molecule has 1 aliphatic heterocycles. The van der Waals surface area contributed by atoms with Crippen LogP contribution in [0.1, 0.15) is 21.6 Å². The second-order valence-corrected chi connectivity index (χ2v) is 6.95. The summed E-state index contributed by atoms with van der Waals surface area (Å²) in [6, 6.07) is 19.6. The molecular weight excluding hydrogens is 350 g/mol. The number of benzene rings is 2. The highest BCUT2D eigenvalue weighted by Crippen LogP contribution is 2.29. The van der Waals surface area contributed by atoms with Crippen LogP contribution in [0, 0.1) is 0 Å². The van der Waals surface area contributed by atoms with Gasteiger partial charge in [0.15, 0.2) is 0 Å². The monoisotopic (exact) mass is 369 g/mol. The molecule has 28 heavy (non-hydrogen) atoms. The normalized spacial score (nSPS) is 13.0. The molecule has 1 amide bonds. The van der Waals surface area contributed by atoms with Crippen molar-refractivity contribution in [2.45, 2.75) is 13.1 Å². The van der Waals surface area contributed by atoms with Gasteiger partial charge in [0.25, 0.3) is 5.91 Å². The second kappa shape index (κ2) is 6.49. The lowest BCUT2D eigenvalue weighted by Crippen LogP contribution is -2.30. The summed E-state index contributed by atoms with van der Waals surface area (Å²) >= 11 is 0. The summed E-state index contributed by atoms with van der Waals surface area (Å²) in [6.45, 7) is 1.17. The SMILES string of the molecule is Cn1ccc(-c2ccc(C(=O)N3Cc4ccnn4Cc4ccccc43)cc2)n1. The third-order valence-corrected chi connectivity index (χ3v) is 5.11. The van der Waals surface area contributed by atoms with Gasteiger partial charge in [-0.1, -0.05) is 30.3 Å². The first kappa shape index (κ1) is 16.5. The van der Waals surface area contributed by atoms with Gasteiger partial charge in [-0.05, 0) is 35.9 Å². The molecule has 1 aliphatic rings. The summed E-state index contributed by atoms with van der Waals surface area (Å²) in [5.41, 5.74) is 5.59. The number of anilines is 1. The van der Waals surface area contributed by atoms with E-state index in [9.17, 15) is 4.79 Å². The van der Waals surface area contributed by atoms with E-state index in [1.807, 2.05) is 77.4 Å². The molecule has 6 nitrogen and oxygen atoms in total. The number of carbonyl (C=O) groups is 1. The van der Waals surface area contributed by atoms with Gasteiger partial charge in [-0.15, -0.1) is 0 Å². The van der Waals surface area contributed by atoms with Crippen LogP contribution in [0.2, 0.25) is 0 Å². The molecule has 0 saturated heterocycles. The fraction of sp³-hybridized carbons (Fsp3) is 0.136. The van der Waals surface area contributed by atoms with E-state index in [-0.39, 0.29) is 5.91 Å². The van der Waals surface area contributed by atoms with E-state index in [1.165, 1.54) is 0 Å². The lowest BCUT2D eigenvalue weighted by Gasteiger charge is -2.22. The first-order valence-corrected chi connectivity index (χ1v) is 9.19. The zero-order chi connectivity index (χ0) is 19.1. The van der Waals surface area contributed by atoms with Crippen LogP contribution in [0.25, 0.3) is 11.3 Å². The van der Waals surface area contributed by atoms with E-state index in [4.69, 9.17) is 0 Å². The smallest absolute Gasteiger partial charge is 0.258 e. The minimum Gasteiger partial charge on any atom is -0.302 e. The van der Waals surface area contributed by atoms with Crippen LogP contribution in [-0.4, -0.2) is 25.5 Å². The van der Waals surface area contributed by atoms with Crippen LogP contribution < -0.4 is 4.90 Å². The maximum atomic E-state index is 13.4. The Morgan fingerprint density at radius 2 is 1.79 bits per heavy atom. The maximum Gasteiger partial charge on any atom is 0.258 e. The Kier molecular flexibility index (Phi) is 3.83. The molecule has 0 spiro atoms. The molecule has 0 fully saturated rings. The lowest BCUT2D eigenvalue weighted by molar-refractivity contribution is 0.0985. The first-order chi connectivity index (χ1) is 13.7. The van der Waals surface area contributed by atoms with Crippen LogP contribution in [0.4, 0.5) is 5.69 Å². The third-order valence-electron chi connectivity index (χ3n) is 5.11. The number of hydrogen-bond acceptors (Lipinski definition) is 3. The summed E-state index contributed by atoms with van der Waals surface area (Å²) in [7, 11) is 1.89. The molecule has 138 valence electrons. The fourth-order valence-electron chi connectivity index (χ4n) is 3.64. The van der Waals surface area contributed by atoms with E-state index >= 15 is 0 Å². The second-order valence-electron chi connectivity index (χ2n) is 6.95. The van der Waals surface area contributed by atoms with Crippen LogP contribution in [-0.2, 0) is 20.1 Å². The number of nitrogens with zero attached hydrogens (tertiary/aromatic N) is 5. The number of fused-ring (bicyclic) bond motifs is 2. The zero-order valence-corrected chi connectivity index (χ0v) is 15.5. The van der Waals surface area contributed by atoms with Gasteiger partial charge < -0.3 is 4.90 Å². The topological polar surface area (TPSA) is 56.0 Å². The molecule has 4 aromatic rings. The predicted octanol–water partition coefficient (Wildman–Crippen LogP) is 3.49. The Bertz CT molecular complexity index is 1160. The average Bonchev–Trinajstić information content (AvgIpc) is 3.32. The quantitative estimate of drug-likeness (QED) is 0.543. The van der Waals surface area contributed by atoms with Crippen molar-refractivity contribution in [1.82, 2.24) is 19.6 Å². The highest BCUT2D eigenvalue weighted by molar-refractivity contribution is 6.06. The fourth-order valence-corrected chi connectivity index (χ4v) is 3.64. The number of rotatable bonds is 2. The Morgan fingerprint density at radius 3 is 2.57 bits per heavy atom. The number of para-hydroxylation sites is 1. The molecule has 2 aromatic heterocycles. The lowest BCUT2D eigenvalue weighted by atomic mass is 10.1. The molecule has 0 atom stereocenters. The van der Waals surface area contributed by atoms with Gasteiger partial charge in [0, 0.05) is 36.3 Å². The summed E-state index contributed by atoms with van der Waals surface area (Å²) in [4.78, 5) is 15.2. The standard InChI is InChI=1S/C22H19N5O/c1-25-13-11-20(24-25)16-6-8-17(9-7-16)22(28)26-15-19-10-12-23-27(19)14-18-4-2-3-5-21(18)26/h2-13H,14-15H2,1H3. The molecule has 3 heterocycles. The molecule has 0 unspecified atom stereocenters. The van der Waals surface area contributed by atoms with Crippen molar-refractivity contribution < 1.29 is 4.79 Å². The molecule has 0 aliphatic carbocycles. The van der Waals surface area contributed by atoms with Gasteiger partial charge >= 0.3 is 0 Å². The van der Waals surface area contributed by atoms with Crippen molar-refractivity contribution in [3.05, 3.63) is 89.9 Å². The minimum atomic E-state index is -0.0188. The van der Waals surface area contributed by atoms with E-state index < -0.39 is 0 Å². The first-order valence-electron chi connectivity index (χ1n) is 9.19. The molecule has 2 aromatic carbocycles.